The molecule has 1 fully saturated rings. The van der Waals surface area contributed by atoms with Crippen LogP contribution in [0.15, 0.2) is 58.4 Å². The van der Waals surface area contributed by atoms with Gasteiger partial charge in [0.25, 0.3) is 5.56 Å². The van der Waals surface area contributed by atoms with Gasteiger partial charge in [0.1, 0.15) is 6.54 Å². The van der Waals surface area contributed by atoms with Gasteiger partial charge in [0.05, 0.1) is 27.9 Å². The van der Waals surface area contributed by atoms with Gasteiger partial charge in [-0.3, -0.25) is 9.59 Å². The molecule has 9 nitrogen and oxygen atoms in total. The lowest BCUT2D eigenvalue weighted by atomic mass is 10.2. The van der Waals surface area contributed by atoms with Crippen molar-refractivity contribution in [2.45, 2.75) is 44.6 Å². The second-order valence-electron chi connectivity index (χ2n) is 8.56. The Balaban J connectivity index is 1.65. The first-order valence-corrected chi connectivity index (χ1v) is 13.4. The molecule has 35 heavy (non-hydrogen) atoms. The number of nitrogens with zero attached hydrogens (tertiary/aromatic N) is 4. The summed E-state index contributed by atoms with van der Waals surface area (Å²) in [4.78, 5) is 27.9. The first kappa shape index (κ1) is 24.9. The predicted octanol–water partition coefficient (Wildman–Crippen LogP) is 3.06. The van der Waals surface area contributed by atoms with Crippen molar-refractivity contribution < 1.29 is 13.2 Å². The molecule has 1 amide bonds. The van der Waals surface area contributed by atoms with Crippen molar-refractivity contribution in [3.05, 3.63) is 59.0 Å². The van der Waals surface area contributed by atoms with Crippen LogP contribution in [-0.4, -0.2) is 54.6 Å². The molecule has 1 saturated heterocycles. The van der Waals surface area contributed by atoms with Crippen molar-refractivity contribution in [1.82, 2.24) is 14.1 Å². The first-order chi connectivity index (χ1) is 16.8. The number of carbonyl (C=O) groups excluding carboxylic acids is 1. The van der Waals surface area contributed by atoms with E-state index in [1.165, 1.54) is 10.4 Å². The van der Waals surface area contributed by atoms with Crippen LogP contribution in [0.4, 0.5) is 11.4 Å². The number of rotatable bonds is 8. The fourth-order valence-corrected chi connectivity index (χ4v) is 5.98. The summed E-state index contributed by atoms with van der Waals surface area (Å²) in [5.74, 6) is -0.462. The van der Waals surface area contributed by atoms with Gasteiger partial charge >= 0.3 is 0 Å². The fraction of sp³-hybridized carbons (Fsp3) is 0.400. The summed E-state index contributed by atoms with van der Waals surface area (Å²) < 4.78 is 29.1. The lowest BCUT2D eigenvalue weighted by molar-refractivity contribution is -0.117. The number of carbonyl (C=O) groups is 1. The molecule has 2 heterocycles. The van der Waals surface area contributed by atoms with Crippen LogP contribution in [0.2, 0.25) is 0 Å². The van der Waals surface area contributed by atoms with Crippen molar-refractivity contribution in [3.63, 3.8) is 0 Å². The molecule has 0 atom stereocenters. The Morgan fingerprint density at radius 2 is 1.77 bits per heavy atom. The molecule has 0 aliphatic carbocycles. The van der Waals surface area contributed by atoms with E-state index in [0.29, 0.717) is 42.6 Å². The lowest BCUT2D eigenvalue weighted by Gasteiger charge is -2.28. The van der Waals surface area contributed by atoms with Gasteiger partial charge in [0.15, 0.2) is 0 Å². The third kappa shape index (κ3) is 5.23. The van der Waals surface area contributed by atoms with E-state index < -0.39 is 15.9 Å². The van der Waals surface area contributed by atoms with Gasteiger partial charge in [-0.25, -0.2) is 13.1 Å². The molecule has 1 aromatic heterocycles. The maximum absolute atomic E-state index is 13.2. The molecule has 4 rings (SSSR count). The first-order valence-electron chi connectivity index (χ1n) is 12.0. The number of aromatic nitrogens is 2. The molecule has 0 unspecified atom stereocenters. The van der Waals surface area contributed by atoms with Gasteiger partial charge in [0, 0.05) is 31.6 Å². The topological polar surface area (TPSA) is 105 Å². The lowest BCUT2D eigenvalue weighted by Crippen LogP contribution is -2.35. The molecular weight excluding hydrogens is 466 g/mol. The third-order valence-electron chi connectivity index (χ3n) is 6.35. The monoisotopic (exact) mass is 497 g/mol. The van der Waals surface area contributed by atoms with Crippen molar-refractivity contribution in [3.8, 4) is 0 Å². The Hall–Kier alpha value is -3.24. The molecule has 10 heteroatoms. The summed E-state index contributed by atoms with van der Waals surface area (Å²) in [5.41, 5.74) is 0.758. The molecule has 0 radical (unpaired) electrons. The standard InChI is InChI=1S/C25H31N5O4S/c1-3-28(4-2)23-13-12-20(35(33,34)29-14-8-5-9-15-29)16-22(23)27-24(31)18-30-25(32)21-11-7-6-10-19(21)17-26-30/h6-7,10-13,16-17H,3-5,8-9,14-15,18H2,1-2H3,(H,27,31). The maximum atomic E-state index is 13.2. The van der Waals surface area contributed by atoms with E-state index in [-0.39, 0.29) is 17.0 Å². The largest absolute Gasteiger partial charge is 0.370 e. The van der Waals surface area contributed by atoms with Crippen LogP contribution in [0.1, 0.15) is 33.1 Å². The quantitative estimate of drug-likeness (QED) is 0.513. The van der Waals surface area contributed by atoms with E-state index in [4.69, 9.17) is 0 Å². The van der Waals surface area contributed by atoms with Crippen molar-refractivity contribution in [2.24, 2.45) is 0 Å². The molecule has 1 N–H and O–H groups in total. The number of hydrogen-bond acceptors (Lipinski definition) is 6. The number of sulfonamides is 1. The minimum atomic E-state index is -3.67. The fourth-order valence-electron chi connectivity index (χ4n) is 4.44. The van der Waals surface area contributed by atoms with E-state index >= 15 is 0 Å². The third-order valence-corrected chi connectivity index (χ3v) is 8.25. The van der Waals surface area contributed by atoms with Crippen LogP contribution < -0.4 is 15.8 Å². The zero-order valence-corrected chi connectivity index (χ0v) is 20.9. The van der Waals surface area contributed by atoms with E-state index in [0.717, 1.165) is 29.6 Å². The predicted molar refractivity (Wildman–Crippen MR) is 137 cm³/mol. The summed E-state index contributed by atoms with van der Waals surface area (Å²) in [7, 11) is -3.67. The number of nitrogens with one attached hydrogen (secondary N) is 1. The van der Waals surface area contributed by atoms with E-state index in [2.05, 4.69) is 10.4 Å². The van der Waals surface area contributed by atoms with Crippen LogP contribution in [0.25, 0.3) is 10.8 Å². The Kier molecular flexibility index (Phi) is 7.51. The maximum Gasteiger partial charge on any atom is 0.275 e. The zero-order valence-electron chi connectivity index (χ0n) is 20.1. The highest BCUT2D eigenvalue weighted by Gasteiger charge is 2.27. The van der Waals surface area contributed by atoms with Crippen molar-refractivity contribution in [2.75, 3.05) is 36.4 Å². The smallest absolute Gasteiger partial charge is 0.275 e. The molecule has 186 valence electrons. The van der Waals surface area contributed by atoms with Crippen LogP contribution in [0.3, 0.4) is 0 Å². The minimum absolute atomic E-state index is 0.145. The summed E-state index contributed by atoms with van der Waals surface area (Å²) in [6, 6.07) is 11.9. The molecule has 0 spiro atoms. The number of piperidine rings is 1. The summed E-state index contributed by atoms with van der Waals surface area (Å²) >= 11 is 0. The molecule has 0 saturated carbocycles. The van der Waals surface area contributed by atoms with Gasteiger partial charge < -0.3 is 10.2 Å². The average molecular weight is 498 g/mol. The zero-order chi connectivity index (χ0) is 25.0. The second-order valence-corrected chi connectivity index (χ2v) is 10.5. The number of amides is 1. The minimum Gasteiger partial charge on any atom is -0.370 e. The highest BCUT2D eigenvalue weighted by atomic mass is 32.2. The second kappa shape index (κ2) is 10.6. The summed E-state index contributed by atoms with van der Waals surface area (Å²) in [6.45, 7) is 6.06. The van der Waals surface area contributed by atoms with Gasteiger partial charge in [-0.15, -0.1) is 0 Å². The van der Waals surface area contributed by atoms with Crippen LogP contribution in [-0.2, 0) is 21.4 Å². The number of hydrogen-bond donors (Lipinski definition) is 1. The van der Waals surface area contributed by atoms with Gasteiger partial charge in [-0.2, -0.15) is 9.40 Å². The molecule has 2 aromatic carbocycles. The molecule has 3 aromatic rings. The van der Waals surface area contributed by atoms with Gasteiger partial charge in [-0.1, -0.05) is 24.6 Å². The summed E-state index contributed by atoms with van der Waals surface area (Å²) in [5, 5.41) is 8.14. The Morgan fingerprint density at radius 3 is 2.49 bits per heavy atom. The van der Waals surface area contributed by atoms with Crippen molar-refractivity contribution in [1.29, 1.82) is 0 Å². The van der Waals surface area contributed by atoms with E-state index in [1.54, 1.807) is 36.5 Å². The van der Waals surface area contributed by atoms with Crippen LogP contribution in [0.5, 0.6) is 0 Å². The molecule has 1 aliphatic rings. The average Bonchev–Trinajstić information content (AvgIpc) is 2.88. The Morgan fingerprint density at radius 1 is 1.06 bits per heavy atom. The Bertz CT molecular complexity index is 1380. The summed E-state index contributed by atoms with van der Waals surface area (Å²) in [6.07, 6.45) is 4.26. The van der Waals surface area contributed by atoms with Crippen LogP contribution >= 0.6 is 0 Å². The van der Waals surface area contributed by atoms with Crippen LogP contribution in [0, 0.1) is 0 Å². The SMILES string of the molecule is CCN(CC)c1ccc(S(=O)(=O)N2CCCCC2)cc1NC(=O)Cn1ncc2ccccc2c1=O. The number of anilines is 2. The molecule has 0 bridgehead atoms. The van der Waals surface area contributed by atoms with Gasteiger partial charge in [-0.05, 0) is 51.0 Å². The number of fused-ring (bicyclic) bond motifs is 1. The highest BCUT2D eigenvalue weighted by molar-refractivity contribution is 7.89. The van der Waals surface area contributed by atoms with Crippen molar-refractivity contribution >= 4 is 38.1 Å². The van der Waals surface area contributed by atoms with E-state index in [9.17, 15) is 18.0 Å². The molecule has 1 aliphatic heterocycles. The van der Waals surface area contributed by atoms with E-state index in [1.807, 2.05) is 24.8 Å². The van der Waals surface area contributed by atoms with Gasteiger partial charge in [0.2, 0.25) is 15.9 Å². The normalized spacial score (nSPS) is 14.7. The Labute approximate surface area is 205 Å². The highest BCUT2D eigenvalue weighted by Crippen LogP contribution is 2.31. The molecular formula is C25H31N5O4S. The number of benzene rings is 2.